The van der Waals surface area contributed by atoms with Gasteiger partial charge in [-0.1, -0.05) is 15.5 Å². The third-order valence-electron chi connectivity index (χ3n) is 0.756. The molecule has 1 atom stereocenters. The van der Waals surface area contributed by atoms with E-state index < -0.39 is 0 Å². The van der Waals surface area contributed by atoms with Gasteiger partial charge in [0.25, 0.3) is 0 Å². The smallest absolute Gasteiger partial charge is 0.151 e. The molecule has 0 heterocycles. The minimum Gasteiger partial charge on any atom is -0.295 e. The first-order valence-corrected chi connectivity index (χ1v) is 4.01. The first-order valence-electron chi connectivity index (χ1n) is 2.51. The molecule has 0 fully saturated rings. The van der Waals surface area contributed by atoms with Gasteiger partial charge in [0.1, 0.15) is 0 Å². The largest absolute Gasteiger partial charge is 0.295 e. The van der Waals surface area contributed by atoms with Gasteiger partial charge in [0.05, 0.1) is 0 Å². The molecule has 0 N–H and O–H groups in total. The van der Waals surface area contributed by atoms with Gasteiger partial charge >= 0.3 is 0 Å². The summed E-state index contributed by atoms with van der Waals surface area (Å²) in [4.78, 5) is 10.4. The van der Waals surface area contributed by atoms with Gasteiger partial charge in [0.2, 0.25) is 0 Å². The predicted octanol–water partition coefficient (Wildman–Crippen LogP) is 1.62. The van der Waals surface area contributed by atoms with E-state index in [1.54, 1.807) is 0 Å². The van der Waals surface area contributed by atoms with Gasteiger partial charge in [0.15, 0.2) is 5.52 Å². The highest BCUT2D eigenvalue weighted by molar-refractivity contribution is 7.57. The summed E-state index contributed by atoms with van der Waals surface area (Å²) in [5, 5.41) is 0. The van der Waals surface area contributed by atoms with E-state index in [-0.39, 0.29) is 0 Å². The van der Waals surface area contributed by atoms with Crippen molar-refractivity contribution in [1.82, 2.24) is 0 Å². The summed E-state index contributed by atoms with van der Waals surface area (Å²) in [5.74, 6) is 0. The van der Waals surface area contributed by atoms with Gasteiger partial charge in [-0.2, -0.15) is 0 Å². The third-order valence-corrected chi connectivity index (χ3v) is 1.56. The third kappa shape index (κ3) is 3.94. The summed E-state index contributed by atoms with van der Waals surface area (Å²) in [6.45, 7) is 3.95. The first-order chi connectivity index (χ1) is 3.31. The number of hydrogen-bond donors (Lipinski definition) is 0. The standard InChI is InChI=1S/C5H11OP/c1-3-4-5(6)7-2/h7H,3-4H2,1-2H3. The van der Waals surface area contributed by atoms with Gasteiger partial charge in [0, 0.05) is 6.42 Å². The van der Waals surface area contributed by atoms with Crippen molar-refractivity contribution in [3.8, 4) is 0 Å². The maximum Gasteiger partial charge on any atom is 0.151 e. The van der Waals surface area contributed by atoms with Crippen LogP contribution in [-0.2, 0) is 4.79 Å². The molecule has 0 radical (unpaired) electrons. The van der Waals surface area contributed by atoms with Crippen molar-refractivity contribution >= 4 is 14.1 Å². The Bertz CT molecular complexity index is 61.1. The van der Waals surface area contributed by atoms with Crippen LogP contribution in [-0.4, -0.2) is 12.2 Å². The van der Waals surface area contributed by atoms with Crippen molar-refractivity contribution in [3.63, 3.8) is 0 Å². The van der Waals surface area contributed by atoms with Crippen molar-refractivity contribution < 1.29 is 4.79 Å². The van der Waals surface area contributed by atoms with E-state index in [0.29, 0.717) is 14.1 Å². The highest BCUT2D eigenvalue weighted by atomic mass is 31.1. The summed E-state index contributed by atoms with van der Waals surface area (Å²) in [6.07, 6.45) is 1.77. The van der Waals surface area contributed by atoms with Crippen LogP contribution in [0.5, 0.6) is 0 Å². The summed E-state index contributed by atoms with van der Waals surface area (Å²) < 4.78 is 0. The molecule has 1 unspecified atom stereocenters. The summed E-state index contributed by atoms with van der Waals surface area (Å²) >= 11 is 0. The zero-order valence-electron chi connectivity index (χ0n) is 4.82. The zero-order chi connectivity index (χ0) is 5.70. The Hall–Kier alpha value is 0.100. The second kappa shape index (κ2) is 4.26. The molecule has 0 aliphatic rings. The topological polar surface area (TPSA) is 17.1 Å². The summed E-state index contributed by atoms with van der Waals surface area (Å²) in [7, 11) is 0.499. The van der Waals surface area contributed by atoms with Crippen LogP contribution < -0.4 is 0 Å². The number of carbonyl (C=O) groups excluding carboxylic acids is 1. The molecule has 2 heteroatoms. The van der Waals surface area contributed by atoms with Gasteiger partial charge < -0.3 is 0 Å². The molecule has 42 valence electrons. The molecule has 0 aliphatic heterocycles. The first kappa shape index (κ1) is 7.10. The van der Waals surface area contributed by atoms with Crippen molar-refractivity contribution in [3.05, 3.63) is 0 Å². The maximum absolute atomic E-state index is 10.4. The molecule has 0 saturated carbocycles. The molecular weight excluding hydrogens is 107 g/mol. The highest BCUT2D eigenvalue weighted by Crippen LogP contribution is 2.07. The molecule has 0 spiro atoms. The van der Waals surface area contributed by atoms with Crippen LogP contribution in [0.2, 0.25) is 0 Å². The number of rotatable bonds is 3. The average Bonchev–Trinajstić information content (AvgIpc) is 1.68. The quantitative estimate of drug-likeness (QED) is 0.514. The molecule has 1 nitrogen and oxygen atoms in total. The Balaban J connectivity index is 3.00. The molecular formula is C5H11OP. The van der Waals surface area contributed by atoms with Crippen molar-refractivity contribution in [2.24, 2.45) is 0 Å². The summed E-state index contributed by atoms with van der Waals surface area (Å²) in [5.41, 5.74) is 0.405. The van der Waals surface area contributed by atoms with Crippen LogP contribution in [0.15, 0.2) is 0 Å². The van der Waals surface area contributed by atoms with Crippen LogP contribution in [0, 0.1) is 0 Å². The average molecular weight is 118 g/mol. The lowest BCUT2D eigenvalue weighted by molar-refractivity contribution is -0.111. The van der Waals surface area contributed by atoms with Crippen molar-refractivity contribution in [2.75, 3.05) is 6.66 Å². The minimum absolute atomic E-state index is 0.405. The molecule has 0 aromatic rings. The van der Waals surface area contributed by atoms with Gasteiger partial charge in [-0.25, -0.2) is 0 Å². The van der Waals surface area contributed by atoms with Crippen LogP contribution in [0.25, 0.3) is 0 Å². The van der Waals surface area contributed by atoms with E-state index in [1.807, 2.05) is 13.6 Å². The Morgan fingerprint density at radius 1 is 1.71 bits per heavy atom. The SMILES string of the molecule is CCCC(=O)PC. The molecule has 0 aromatic heterocycles. The Morgan fingerprint density at radius 3 is 2.43 bits per heavy atom. The molecule has 0 bridgehead atoms. The van der Waals surface area contributed by atoms with E-state index in [0.717, 1.165) is 12.8 Å². The van der Waals surface area contributed by atoms with Crippen LogP contribution >= 0.6 is 8.58 Å². The van der Waals surface area contributed by atoms with Crippen LogP contribution in [0.4, 0.5) is 0 Å². The van der Waals surface area contributed by atoms with Gasteiger partial charge in [-0.3, -0.25) is 4.79 Å². The van der Waals surface area contributed by atoms with E-state index in [9.17, 15) is 4.79 Å². The Labute approximate surface area is 46.3 Å². The molecule has 0 amide bonds. The lowest BCUT2D eigenvalue weighted by atomic mass is 10.4. The fourth-order valence-corrected chi connectivity index (χ4v) is 0.852. The maximum atomic E-state index is 10.4. The molecule has 0 aromatic carbocycles. The molecule has 0 rings (SSSR count). The van der Waals surface area contributed by atoms with Crippen molar-refractivity contribution in [1.29, 1.82) is 0 Å². The zero-order valence-corrected chi connectivity index (χ0v) is 5.82. The van der Waals surface area contributed by atoms with E-state index in [2.05, 4.69) is 0 Å². The molecule has 0 saturated heterocycles. The molecule has 0 aliphatic carbocycles. The second-order valence-corrected chi connectivity index (χ2v) is 2.48. The minimum atomic E-state index is 0.405. The fourth-order valence-electron chi connectivity index (χ4n) is 0.352. The Kier molecular flexibility index (Phi) is 4.32. The van der Waals surface area contributed by atoms with Crippen LogP contribution in [0.1, 0.15) is 19.8 Å². The lowest BCUT2D eigenvalue weighted by Gasteiger charge is -1.87. The van der Waals surface area contributed by atoms with E-state index >= 15 is 0 Å². The Morgan fingerprint density at radius 2 is 2.29 bits per heavy atom. The van der Waals surface area contributed by atoms with Gasteiger partial charge in [-0.15, -0.1) is 0 Å². The van der Waals surface area contributed by atoms with Crippen molar-refractivity contribution in [2.45, 2.75) is 19.8 Å². The predicted molar refractivity (Wildman–Crippen MR) is 34.2 cm³/mol. The normalized spacial score (nSPS) is 10.6. The highest BCUT2D eigenvalue weighted by Gasteiger charge is 1.91. The number of carbonyl (C=O) groups is 1. The van der Waals surface area contributed by atoms with Gasteiger partial charge in [-0.05, 0) is 13.1 Å². The summed E-state index contributed by atoms with van der Waals surface area (Å²) in [6, 6.07) is 0. The second-order valence-electron chi connectivity index (χ2n) is 1.42. The van der Waals surface area contributed by atoms with Crippen LogP contribution in [0.3, 0.4) is 0 Å². The van der Waals surface area contributed by atoms with E-state index in [1.165, 1.54) is 0 Å². The lowest BCUT2D eigenvalue weighted by Crippen LogP contribution is -1.83. The molecule has 7 heavy (non-hydrogen) atoms. The monoisotopic (exact) mass is 118 g/mol. The van der Waals surface area contributed by atoms with E-state index in [4.69, 9.17) is 0 Å². The number of hydrogen-bond acceptors (Lipinski definition) is 1. The fraction of sp³-hybridized carbons (Fsp3) is 0.800.